The van der Waals surface area contributed by atoms with Crippen LogP contribution < -0.4 is 10.2 Å². The predicted molar refractivity (Wildman–Crippen MR) is 107 cm³/mol. The number of anilines is 2. The van der Waals surface area contributed by atoms with E-state index in [0.29, 0.717) is 15.7 Å². The highest BCUT2D eigenvalue weighted by molar-refractivity contribution is 9.10. The second-order valence-corrected chi connectivity index (χ2v) is 7.02. The Balaban J connectivity index is 1.56. The van der Waals surface area contributed by atoms with Gasteiger partial charge in [0.05, 0.1) is 18.8 Å². The molecule has 1 amide bonds. The minimum atomic E-state index is -0.913. The molecule has 1 heterocycles. The maximum atomic E-state index is 12.3. The smallest absolute Gasteiger partial charge is 0.340 e. The van der Waals surface area contributed by atoms with Gasteiger partial charge in [-0.25, -0.2) is 4.79 Å². The summed E-state index contributed by atoms with van der Waals surface area (Å²) in [5, 5.41) is 2.77. The molecule has 2 aromatic rings. The zero-order valence-electron chi connectivity index (χ0n) is 15.0. The quantitative estimate of drug-likeness (QED) is 0.732. The van der Waals surface area contributed by atoms with Crippen molar-refractivity contribution in [3.05, 3.63) is 58.6 Å². The molecule has 1 aliphatic rings. The molecule has 1 N–H and O–H groups in total. The van der Waals surface area contributed by atoms with Gasteiger partial charge in [-0.2, -0.15) is 0 Å². The first-order chi connectivity index (χ1) is 13.0. The number of esters is 1. The standard InChI is InChI=1S/C20H21BrN2O4/c1-14(27-20(25)17-4-2-3-5-18(17)21)19(24)22-15-6-8-16(9-7-15)23-10-12-26-13-11-23/h2-9,14H,10-13H2,1H3,(H,22,24). The van der Waals surface area contributed by atoms with Gasteiger partial charge < -0.3 is 19.7 Å². The fourth-order valence-electron chi connectivity index (χ4n) is 2.73. The van der Waals surface area contributed by atoms with E-state index in [9.17, 15) is 9.59 Å². The number of halogens is 1. The number of nitrogens with one attached hydrogen (secondary N) is 1. The zero-order chi connectivity index (χ0) is 19.2. The van der Waals surface area contributed by atoms with Crippen molar-refractivity contribution in [2.45, 2.75) is 13.0 Å². The molecule has 1 saturated heterocycles. The van der Waals surface area contributed by atoms with E-state index in [1.807, 2.05) is 24.3 Å². The number of amides is 1. The number of hydrogen-bond acceptors (Lipinski definition) is 5. The summed E-state index contributed by atoms with van der Waals surface area (Å²) in [6.07, 6.45) is -0.913. The molecule has 2 aromatic carbocycles. The molecular formula is C20H21BrN2O4. The van der Waals surface area contributed by atoms with Gasteiger partial charge in [0.2, 0.25) is 0 Å². The van der Waals surface area contributed by atoms with Crippen molar-refractivity contribution in [2.24, 2.45) is 0 Å². The molecule has 1 aliphatic heterocycles. The Morgan fingerprint density at radius 1 is 1.11 bits per heavy atom. The topological polar surface area (TPSA) is 67.9 Å². The SMILES string of the molecule is CC(OC(=O)c1ccccc1Br)C(=O)Nc1ccc(N2CCOCC2)cc1. The third kappa shape index (κ3) is 5.08. The fourth-order valence-corrected chi connectivity index (χ4v) is 3.17. The van der Waals surface area contributed by atoms with Gasteiger partial charge in [-0.15, -0.1) is 0 Å². The summed E-state index contributed by atoms with van der Waals surface area (Å²) < 4.78 is 11.2. The normalized spacial score (nSPS) is 15.1. The monoisotopic (exact) mass is 432 g/mol. The van der Waals surface area contributed by atoms with Gasteiger partial charge in [0.25, 0.3) is 5.91 Å². The van der Waals surface area contributed by atoms with E-state index < -0.39 is 12.1 Å². The highest BCUT2D eigenvalue weighted by atomic mass is 79.9. The molecule has 1 unspecified atom stereocenters. The van der Waals surface area contributed by atoms with Crippen molar-refractivity contribution in [1.29, 1.82) is 0 Å². The van der Waals surface area contributed by atoms with Crippen LogP contribution in [0.1, 0.15) is 17.3 Å². The second-order valence-electron chi connectivity index (χ2n) is 6.16. The van der Waals surface area contributed by atoms with Gasteiger partial charge in [-0.1, -0.05) is 12.1 Å². The molecule has 142 valence electrons. The van der Waals surface area contributed by atoms with Crippen LogP contribution in [0.2, 0.25) is 0 Å². The lowest BCUT2D eigenvalue weighted by Crippen LogP contribution is -2.36. The van der Waals surface area contributed by atoms with Crippen LogP contribution in [-0.4, -0.2) is 44.3 Å². The van der Waals surface area contributed by atoms with Crippen molar-refractivity contribution in [3.63, 3.8) is 0 Å². The summed E-state index contributed by atoms with van der Waals surface area (Å²) in [6.45, 7) is 4.70. The Hall–Kier alpha value is -2.38. The van der Waals surface area contributed by atoms with Gasteiger partial charge in [0, 0.05) is 28.9 Å². The van der Waals surface area contributed by atoms with Gasteiger partial charge in [-0.3, -0.25) is 4.79 Å². The molecule has 0 aromatic heterocycles. The predicted octanol–water partition coefficient (Wildman–Crippen LogP) is 3.47. The molecule has 0 bridgehead atoms. The number of benzene rings is 2. The molecule has 6 nitrogen and oxygen atoms in total. The van der Waals surface area contributed by atoms with Crippen LogP contribution >= 0.6 is 15.9 Å². The number of carbonyl (C=O) groups is 2. The van der Waals surface area contributed by atoms with E-state index in [0.717, 1.165) is 32.0 Å². The number of morpholine rings is 1. The summed E-state index contributed by atoms with van der Waals surface area (Å²) in [5.41, 5.74) is 2.12. The van der Waals surface area contributed by atoms with E-state index >= 15 is 0 Å². The van der Waals surface area contributed by atoms with E-state index in [1.54, 1.807) is 31.2 Å². The Labute approximate surface area is 166 Å². The molecule has 0 saturated carbocycles. The van der Waals surface area contributed by atoms with Crippen molar-refractivity contribution >= 4 is 39.2 Å². The molecule has 1 fully saturated rings. The number of hydrogen-bond donors (Lipinski definition) is 1. The molecule has 0 radical (unpaired) electrons. The van der Waals surface area contributed by atoms with Gasteiger partial charge in [-0.05, 0) is 59.3 Å². The van der Waals surface area contributed by atoms with Crippen LogP contribution in [0.4, 0.5) is 11.4 Å². The Kier molecular flexibility index (Phi) is 6.47. The molecule has 27 heavy (non-hydrogen) atoms. The lowest BCUT2D eigenvalue weighted by Gasteiger charge is -2.28. The first-order valence-electron chi connectivity index (χ1n) is 8.74. The highest BCUT2D eigenvalue weighted by Gasteiger charge is 2.20. The van der Waals surface area contributed by atoms with Crippen molar-refractivity contribution < 1.29 is 19.1 Å². The number of carbonyl (C=O) groups excluding carboxylic acids is 2. The maximum Gasteiger partial charge on any atom is 0.340 e. The Morgan fingerprint density at radius 3 is 2.44 bits per heavy atom. The van der Waals surface area contributed by atoms with Crippen LogP contribution in [0, 0.1) is 0 Å². The van der Waals surface area contributed by atoms with Crippen LogP contribution in [0.15, 0.2) is 53.0 Å². The lowest BCUT2D eigenvalue weighted by molar-refractivity contribution is -0.123. The van der Waals surface area contributed by atoms with Crippen molar-refractivity contribution in [2.75, 3.05) is 36.5 Å². The Bertz CT molecular complexity index is 804. The number of ether oxygens (including phenoxy) is 2. The van der Waals surface area contributed by atoms with E-state index in [2.05, 4.69) is 26.1 Å². The summed E-state index contributed by atoms with van der Waals surface area (Å²) >= 11 is 3.30. The number of nitrogens with zero attached hydrogens (tertiary/aromatic N) is 1. The average Bonchev–Trinajstić information content (AvgIpc) is 2.69. The van der Waals surface area contributed by atoms with Crippen LogP contribution in [0.3, 0.4) is 0 Å². The van der Waals surface area contributed by atoms with Crippen molar-refractivity contribution in [1.82, 2.24) is 0 Å². The van der Waals surface area contributed by atoms with Crippen LogP contribution in [-0.2, 0) is 14.3 Å². The largest absolute Gasteiger partial charge is 0.449 e. The highest BCUT2D eigenvalue weighted by Crippen LogP contribution is 2.20. The van der Waals surface area contributed by atoms with Gasteiger partial charge in [0.1, 0.15) is 0 Å². The van der Waals surface area contributed by atoms with Crippen LogP contribution in [0.5, 0.6) is 0 Å². The minimum absolute atomic E-state index is 0.380. The van der Waals surface area contributed by atoms with Gasteiger partial charge in [0.15, 0.2) is 6.10 Å². The molecule has 0 spiro atoms. The summed E-state index contributed by atoms with van der Waals surface area (Å²) in [4.78, 5) is 26.8. The van der Waals surface area contributed by atoms with E-state index in [4.69, 9.17) is 9.47 Å². The Morgan fingerprint density at radius 2 is 1.78 bits per heavy atom. The number of rotatable bonds is 5. The summed E-state index contributed by atoms with van der Waals surface area (Å²) in [7, 11) is 0. The second kappa shape index (κ2) is 9.01. The van der Waals surface area contributed by atoms with Crippen LogP contribution in [0.25, 0.3) is 0 Å². The third-order valence-electron chi connectivity index (χ3n) is 4.26. The summed E-state index contributed by atoms with van der Waals surface area (Å²) in [5.74, 6) is -0.928. The first-order valence-corrected chi connectivity index (χ1v) is 9.53. The fraction of sp³-hybridized carbons (Fsp3) is 0.300. The average molecular weight is 433 g/mol. The lowest BCUT2D eigenvalue weighted by atomic mass is 10.2. The first kappa shape index (κ1) is 19.4. The molecule has 7 heteroatoms. The molecule has 0 aliphatic carbocycles. The summed E-state index contributed by atoms with van der Waals surface area (Å²) in [6, 6.07) is 14.5. The maximum absolute atomic E-state index is 12.3. The van der Waals surface area contributed by atoms with Crippen molar-refractivity contribution in [3.8, 4) is 0 Å². The molecule has 1 atom stereocenters. The van der Waals surface area contributed by atoms with E-state index in [1.165, 1.54) is 0 Å². The van der Waals surface area contributed by atoms with Gasteiger partial charge >= 0.3 is 5.97 Å². The molecule has 3 rings (SSSR count). The van der Waals surface area contributed by atoms with E-state index in [-0.39, 0.29) is 5.91 Å². The zero-order valence-corrected chi connectivity index (χ0v) is 16.6. The minimum Gasteiger partial charge on any atom is -0.449 e. The third-order valence-corrected chi connectivity index (χ3v) is 4.95. The molecular weight excluding hydrogens is 412 g/mol.